The Morgan fingerprint density at radius 3 is 2.10 bits per heavy atom. The Hall–Kier alpha value is -0.176. The molecule has 4 saturated carbocycles. The second-order valence-corrected chi connectivity index (χ2v) is 27.5. The lowest BCUT2D eigenvalue weighted by molar-refractivity contribution is -0.197. The molecule has 11 atom stereocenters. The molecule has 42 heavy (non-hydrogen) atoms. The normalized spacial score (nSPS) is 41.5. The van der Waals surface area contributed by atoms with Crippen molar-refractivity contribution >= 4 is 22.6 Å². The number of methoxy groups -OCH3 is 1. The lowest BCUT2D eigenvalue weighted by Crippen LogP contribution is -2.64. The molecular weight excluding hydrogens is 553 g/mol. The topological polar surface area (TPSA) is 44.8 Å². The predicted molar refractivity (Wildman–Crippen MR) is 180 cm³/mol. The molecule has 4 aliphatic carbocycles. The predicted octanol–water partition coefficient (Wildman–Crippen LogP) is 10.1. The number of hydrogen-bond acceptors (Lipinski definition) is 4. The number of carbonyl (C=O) groups excluding carboxylic acids is 1. The smallest absolute Gasteiger partial charge is 0.305 e. The van der Waals surface area contributed by atoms with E-state index >= 15 is 0 Å². The van der Waals surface area contributed by atoms with E-state index in [1.807, 2.05) is 0 Å². The molecule has 0 aromatic rings. The van der Waals surface area contributed by atoms with Gasteiger partial charge in [-0.1, -0.05) is 54.9 Å². The summed E-state index contributed by atoms with van der Waals surface area (Å²) in [5.74, 6) is 4.65. The van der Waals surface area contributed by atoms with Crippen LogP contribution < -0.4 is 0 Å². The number of ether oxygens (including phenoxy) is 1. The van der Waals surface area contributed by atoms with Gasteiger partial charge in [0.05, 0.1) is 13.2 Å². The number of carbonyl (C=O) groups is 1. The van der Waals surface area contributed by atoms with E-state index in [-0.39, 0.29) is 11.0 Å². The van der Waals surface area contributed by atoms with Crippen LogP contribution in [0.3, 0.4) is 0 Å². The number of esters is 1. The van der Waals surface area contributed by atoms with Gasteiger partial charge in [0.25, 0.3) is 0 Å². The first-order valence-electron chi connectivity index (χ1n) is 17.7. The zero-order chi connectivity index (χ0) is 31.5. The van der Waals surface area contributed by atoms with E-state index in [0.717, 1.165) is 18.3 Å². The lowest BCUT2D eigenvalue weighted by atomic mass is 9.41. The minimum absolute atomic E-state index is 0.0565. The van der Waals surface area contributed by atoms with Gasteiger partial charge in [0.15, 0.2) is 16.6 Å². The van der Waals surface area contributed by atoms with Gasteiger partial charge in [-0.3, -0.25) is 4.79 Å². The van der Waals surface area contributed by atoms with Crippen molar-refractivity contribution in [3.8, 4) is 0 Å². The van der Waals surface area contributed by atoms with Crippen molar-refractivity contribution in [3.63, 3.8) is 0 Å². The fraction of sp³-hybridized carbons (Fsp3) is 0.972. The molecule has 0 saturated heterocycles. The quantitative estimate of drug-likeness (QED) is 0.190. The summed E-state index contributed by atoms with van der Waals surface area (Å²) in [4.78, 5) is 12.0. The second-order valence-electron chi connectivity index (χ2n) is 18.3. The van der Waals surface area contributed by atoms with Crippen LogP contribution in [0, 0.1) is 52.3 Å². The standard InChI is InChI=1S/C36H68O4Si2/c1-14-26-30-23-25(39-42(12,13)34(3,4)5)19-21-36(30,7)29-20-22-35(6)27(24(2)15-18-31(37)38-8)16-17-28(35)32(29)33(26)40-41(9,10)11/h24-30,32-33H,14-23H2,1-13H3/t24-,25?,26-,27?,28+,29+,30?,32+,33?,35?,36?/m1/s1. The maximum absolute atomic E-state index is 12.0. The first kappa shape index (κ1) is 34.7. The highest BCUT2D eigenvalue weighted by atomic mass is 28.4. The highest BCUT2D eigenvalue weighted by Gasteiger charge is 2.66. The van der Waals surface area contributed by atoms with Crippen LogP contribution in [0.1, 0.15) is 113 Å². The molecule has 0 aromatic carbocycles. The molecule has 0 radical (unpaired) electrons. The van der Waals surface area contributed by atoms with Crippen molar-refractivity contribution < 1.29 is 18.4 Å². The van der Waals surface area contributed by atoms with E-state index in [9.17, 15) is 4.79 Å². The first-order chi connectivity index (χ1) is 19.3. The van der Waals surface area contributed by atoms with Crippen molar-refractivity contribution in [2.24, 2.45) is 52.3 Å². The number of hydrogen-bond donors (Lipinski definition) is 0. The summed E-state index contributed by atoms with van der Waals surface area (Å²) < 4.78 is 19.6. The second kappa shape index (κ2) is 12.2. The summed E-state index contributed by atoms with van der Waals surface area (Å²) in [7, 11) is -2.04. The number of rotatable bonds is 9. The fourth-order valence-corrected chi connectivity index (χ4v) is 13.4. The Balaban J connectivity index is 1.66. The molecule has 244 valence electrons. The third-order valence-corrected chi connectivity index (χ3v) is 19.4. The van der Waals surface area contributed by atoms with Crippen molar-refractivity contribution in [1.29, 1.82) is 0 Å². The highest BCUT2D eigenvalue weighted by Crippen LogP contribution is 2.70. The van der Waals surface area contributed by atoms with Gasteiger partial charge in [-0.2, -0.15) is 0 Å². The average Bonchev–Trinajstić information content (AvgIpc) is 3.23. The summed E-state index contributed by atoms with van der Waals surface area (Å²) in [6, 6.07) is 0. The third-order valence-electron chi connectivity index (χ3n) is 13.9. The third kappa shape index (κ3) is 6.40. The molecule has 4 aliphatic rings. The van der Waals surface area contributed by atoms with Crippen LogP contribution in [0.25, 0.3) is 0 Å². The molecule has 6 heteroatoms. The van der Waals surface area contributed by atoms with Gasteiger partial charge in [-0.15, -0.1) is 0 Å². The highest BCUT2D eigenvalue weighted by molar-refractivity contribution is 6.74. The minimum atomic E-state index is -1.81. The van der Waals surface area contributed by atoms with Gasteiger partial charge < -0.3 is 13.6 Å². The molecule has 0 aromatic heterocycles. The molecule has 0 amide bonds. The van der Waals surface area contributed by atoms with E-state index in [1.165, 1.54) is 58.5 Å². The number of fused-ring (bicyclic) bond motifs is 5. The van der Waals surface area contributed by atoms with Crippen molar-refractivity contribution in [2.75, 3.05) is 7.11 Å². The van der Waals surface area contributed by atoms with Crippen LogP contribution in [-0.4, -0.2) is 41.9 Å². The molecule has 4 fully saturated rings. The fourth-order valence-electron chi connectivity index (χ4n) is 10.8. The van der Waals surface area contributed by atoms with Gasteiger partial charge in [0.1, 0.15) is 0 Å². The van der Waals surface area contributed by atoms with Crippen LogP contribution in [-0.2, 0) is 18.4 Å². The lowest BCUT2D eigenvalue weighted by Gasteiger charge is -2.66. The van der Waals surface area contributed by atoms with Crippen molar-refractivity contribution in [3.05, 3.63) is 0 Å². The van der Waals surface area contributed by atoms with E-state index in [2.05, 4.69) is 81.2 Å². The largest absolute Gasteiger partial charge is 0.469 e. The SMILES string of the molecule is CC[C@H]1C(O[Si](C)(C)C)[C@@H]2[C@H](CCC3(C)C([C@H](C)CCC(=O)OC)CC[C@@H]23)C2(C)CCC(O[Si](C)(C)C(C)(C)C)CC12. The van der Waals surface area contributed by atoms with E-state index in [0.29, 0.717) is 59.0 Å². The Labute approximate surface area is 262 Å². The summed E-state index contributed by atoms with van der Waals surface area (Å²) in [6.45, 7) is 29.5. The van der Waals surface area contributed by atoms with Gasteiger partial charge in [-0.05, 0) is 141 Å². The van der Waals surface area contributed by atoms with E-state index < -0.39 is 16.6 Å². The molecule has 0 heterocycles. The molecule has 4 nitrogen and oxygen atoms in total. The molecule has 6 unspecified atom stereocenters. The van der Waals surface area contributed by atoms with Crippen LogP contribution in [0.4, 0.5) is 0 Å². The summed E-state index contributed by atoms with van der Waals surface area (Å²) in [6.07, 6.45) is 12.6. The molecular formula is C36H68O4Si2. The molecule has 0 aliphatic heterocycles. The first-order valence-corrected chi connectivity index (χ1v) is 24.0. The zero-order valence-corrected chi connectivity index (χ0v) is 31.9. The van der Waals surface area contributed by atoms with Crippen molar-refractivity contribution in [1.82, 2.24) is 0 Å². The monoisotopic (exact) mass is 620 g/mol. The Bertz CT molecular complexity index is 953. The van der Waals surface area contributed by atoms with E-state index in [4.69, 9.17) is 13.6 Å². The van der Waals surface area contributed by atoms with Crippen LogP contribution >= 0.6 is 0 Å². The van der Waals surface area contributed by atoms with Crippen LogP contribution in [0.2, 0.25) is 37.8 Å². The average molecular weight is 621 g/mol. The van der Waals surface area contributed by atoms with Gasteiger partial charge >= 0.3 is 5.97 Å². The van der Waals surface area contributed by atoms with Gasteiger partial charge in [0, 0.05) is 12.5 Å². The van der Waals surface area contributed by atoms with Crippen LogP contribution in [0.15, 0.2) is 0 Å². The molecule has 0 bridgehead atoms. The Morgan fingerprint density at radius 1 is 0.905 bits per heavy atom. The maximum atomic E-state index is 12.0. The molecule has 0 spiro atoms. The van der Waals surface area contributed by atoms with Crippen molar-refractivity contribution in [2.45, 2.75) is 163 Å². The summed E-state index contributed by atoms with van der Waals surface area (Å²) in [5.41, 5.74) is 0.732. The summed E-state index contributed by atoms with van der Waals surface area (Å²) in [5, 5.41) is 0.250. The Morgan fingerprint density at radius 2 is 1.52 bits per heavy atom. The van der Waals surface area contributed by atoms with Crippen LogP contribution in [0.5, 0.6) is 0 Å². The Kier molecular flexibility index (Phi) is 10.1. The van der Waals surface area contributed by atoms with Gasteiger partial charge in [-0.25, -0.2) is 0 Å². The zero-order valence-electron chi connectivity index (χ0n) is 29.9. The minimum Gasteiger partial charge on any atom is -0.469 e. The van der Waals surface area contributed by atoms with E-state index in [1.54, 1.807) is 0 Å². The summed E-state index contributed by atoms with van der Waals surface area (Å²) >= 11 is 0. The van der Waals surface area contributed by atoms with Gasteiger partial charge in [0.2, 0.25) is 0 Å². The maximum Gasteiger partial charge on any atom is 0.305 e. The molecule has 4 rings (SSSR count). The molecule has 0 N–H and O–H groups in total.